The third-order valence-electron chi connectivity index (χ3n) is 2.65. The quantitative estimate of drug-likeness (QED) is 0.864. The number of fused-ring (bicyclic) bond motifs is 1. The third-order valence-corrected chi connectivity index (χ3v) is 4.99. The zero-order chi connectivity index (χ0) is 13.0. The van der Waals surface area contributed by atoms with Crippen LogP contribution in [0.5, 0.6) is 0 Å². The molecule has 1 N–H and O–H groups in total. The second-order valence-electron chi connectivity index (χ2n) is 4.85. The SMILES string of the molecule is CCNc1nc(CSCC(C)C)nc2c1CSC2. The molecule has 0 aromatic carbocycles. The molecule has 1 aromatic rings. The van der Waals surface area contributed by atoms with Crippen LogP contribution in [0.1, 0.15) is 37.9 Å². The number of rotatable bonds is 6. The highest BCUT2D eigenvalue weighted by molar-refractivity contribution is 7.98. The average molecular weight is 283 g/mol. The number of nitrogens with one attached hydrogen (secondary N) is 1. The van der Waals surface area contributed by atoms with Crippen molar-refractivity contribution in [3.05, 3.63) is 17.1 Å². The lowest BCUT2D eigenvalue weighted by molar-refractivity contribution is 0.749. The monoisotopic (exact) mass is 283 g/mol. The first-order valence-corrected chi connectivity index (χ1v) is 8.79. The Morgan fingerprint density at radius 2 is 2.17 bits per heavy atom. The summed E-state index contributed by atoms with van der Waals surface area (Å²) in [6.45, 7) is 7.53. The number of aromatic nitrogens is 2. The van der Waals surface area contributed by atoms with Gasteiger partial charge in [-0.1, -0.05) is 13.8 Å². The van der Waals surface area contributed by atoms with Crippen LogP contribution in [0.3, 0.4) is 0 Å². The van der Waals surface area contributed by atoms with Crippen LogP contribution < -0.4 is 5.32 Å². The lowest BCUT2D eigenvalue weighted by Gasteiger charge is -2.10. The summed E-state index contributed by atoms with van der Waals surface area (Å²) < 4.78 is 0. The van der Waals surface area contributed by atoms with Crippen LogP contribution in [0.4, 0.5) is 5.82 Å². The molecule has 1 aliphatic rings. The molecule has 0 saturated carbocycles. The number of hydrogen-bond donors (Lipinski definition) is 1. The molecule has 0 spiro atoms. The first-order chi connectivity index (χ1) is 8.70. The lowest BCUT2D eigenvalue weighted by atomic mass is 10.2. The predicted molar refractivity (Wildman–Crippen MR) is 82.2 cm³/mol. The van der Waals surface area contributed by atoms with E-state index >= 15 is 0 Å². The largest absolute Gasteiger partial charge is 0.370 e. The van der Waals surface area contributed by atoms with Crippen molar-refractivity contribution >= 4 is 29.3 Å². The molecule has 0 unspecified atom stereocenters. The van der Waals surface area contributed by atoms with E-state index in [2.05, 4.69) is 31.1 Å². The summed E-state index contributed by atoms with van der Waals surface area (Å²) >= 11 is 3.86. The fourth-order valence-corrected chi connectivity index (χ4v) is 3.81. The third kappa shape index (κ3) is 3.54. The summed E-state index contributed by atoms with van der Waals surface area (Å²) in [5.41, 5.74) is 2.56. The molecular weight excluding hydrogens is 262 g/mol. The van der Waals surface area contributed by atoms with Gasteiger partial charge >= 0.3 is 0 Å². The van der Waals surface area contributed by atoms with Crippen molar-refractivity contribution in [2.75, 3.05) is 17.6 Å². The van der Waals surface area contributed by atoms with Gasteiger partial charge in [-0.25, -0.2) is 9.97 Å². The highest BCUT2D eigenvalue weighted by Crippen LogP contribution is 2.33. The zero-order valence-corrected chi connectivity index (χ0v) is 13.0. The van der Waals surface area contributed by atoms with Crippen molar-refractivity contribution < 1.29 is 0 Å². The van der Waals surface area contributed by atoms with Crippen LogP contribution in [0, 0.1) is 5.92 Å². The van der Waals surface area contributed by atoms with Crippen molar-refractivity contribution in [1.29, 1.82) is 0 Å². The molecule has 0 atom stereocenters. The van der Waals surface area contributed by atoms with Gasteiger partial charge in [0.05, 0.1) is 11.4 Å². The number of nitrogens with zero attached hydrogens (tertiary/aromatic N) is 2. The van der Waals surface area contributed by atoms with Gasteiger partial charge in [-0.15, -0.1) is 0 Å². The van der Waals surface area contributed by atoms with Crippen molar-refractivity contribution in [2.45, 2.75) is 38.0 Å². The molecule has 3 nitrogen and oxygen atoms in total. The molecule has 0 amide bonds. The van der Waals surface area contributed by atoms with Crippen LogP contribution in [-0.2, 0) is 17.3 Å². The molecule has 0 aliphatic carbocycles. The van der Waals surface area contributed by atoms with Gasteiger partial charge in [0.25, 0.3) is 0 Å². The minimum absolute atomic E-state index is 0.730. The van der Waals surface area contributed by atoms with Gasteiger partial charge in [0.15, 0.2) is 0 Å². The average Bonchev–Trinajstić information content (AvgIpc) is 2.77. The predicted octanol–water partition coefficient (Wildman–Crippen LogP) is 3.54. The van der Waals surface area contributed by atoms with E-state index in [9.17, 15) is 0 Å². The van der Waals surface area contributed by atoms with Gasteiger partial charge in [-0.05, 0) is 18.6 Å². The van der Waals surface area contributed by atoms with E-state index in [4.69, 9.17) is 4.98 Å². The molecular formula is C13H21N3S2. The van der Waals surface area contributed by atoms with Gasteiger partial charge in [0.1, 0.15) is 11.6 Å². The van der Waals surface area contributed by atoms with E-state index in [0.717, 1.165) is 41.4 Å². The molecule has 0 fully saturated rings. The van der Waals surface area contributed by atoms with E-state index in [-0.39, 0.29) is 0 Å². The smallest absolute Gasteiger partial charge is 0.140 e. The summed E-state index contributed by atoms with van der Waals surface area (Å²) in [7, 11) is 0. The van der Waals surface area contributed by atoms with Gasteiger partial charge in [-0.3, -0.25) is 0 Å². The first-order valence-electron chi connectivity index (χ1n) is 6.48. The highest BCUT2D eigenvalue weighted by Gasteiger charge is 2.19. The minimum atomic E-state index is 0.730. The normalized spacial score (nSPS) is 14.0. The molecule has 0 radical (unpaired) electrons. The Kier molecular flexibility index (Phi) is 5.18. The molecule has 2 heterocycles. The highest BCUT2D eigenvalue weighted by atomic mass is 32.2. The molecule has 1 aromatic heterocycles. The van der Waals surface area contributed by atoms with Crippen molar-refractivity contribution in [3.8, 4) is 0 Å². The Morgan fingerprint density at radius 1 is 1.33 bits per heavy atom. The lowest BCUT2D eigenvalue weighted by Crippen LogP contribution is -2.08. The van der Waals surface area contributed by atoms with Gasteiger partial charge in [0, 0.05) is 23.6 Å². The van der Waals surface area contributed by atoms with Crippen LogP contribution >= 0.6 is 23.5 Å². The Labute approximate surface area is 118 Å². The minimum Gasteiger partial charge on any atom is -0.370 e. The summed E-state index contributed by atoms with van der Waals surface area (Å²) in [5.74, 6) is 6.97. The summed E-state index contributed by atoms with van der Waals surface area (Å²) in [5, 5.41) is 3.37. The van der Waals surface area contributed by atoms with E-state index in [1.807, 2.05) is 23.5 Å². The summed E-state index contributed by atoms with van der Waals surface area (Å²) in [6, 6.07) is 0. The maximum atomic E-state index is 4.70. The fourth-order valence-electron chi connectivity index (χ4n) is 1.87. The molecule has 100 valence electrons. The van der Waals surface area contributed by atoms with E-state index in [1.165, 1.54) is 17.0 Å². The van der Waals surface area contributed by atoms with E-state index in [1.54, 1.807) is 0 Å². The maximum absolute atomic E-state index is 4.70. The van der Waals surface area contributed by atoms with Crippen LogP contribution in [0.2, 0.25) is 0 Å². The van der Waals surface area contributed by atoms with Gasteiger partial charge < -0.3 is 5.32 Å². The van der Waals surface area contributed by atoms with Gasteiger partial charge in [-0.2, -0.15) is 23.5 Å². The van der Waals surface area contributed by atoms with Crippen molar-refractivity contribution in [1.82, 2.24) is 9.97 Å². The Morgan fingerprint density at radius 3 is 2.89 bits per heavy atom. The zero-order valence-electron chi connectivity index (χ0n) is 11.3. The van der Waals surface area contributed by atoms with Crippen LogP contribution in [0.25, 0.3) is 0 Å². The Bertz CT molecular complexity index is 407. The van der Waals surface area contributed by atoms with Gasteiger partial charge in [0.2, 0.25) is 0 Å². The number of thioether (sulfide) groups is 2. The number of hydrogen-bond acceptors (Lipinski definition) is 5. The fraction of sp³-hybridized carbons (Fsp3) is 0.692. The molecule has 18 heavy (non-hydrogen) atoms. The topological polar surface area (TPSA) is 37.8 Å². The second kappa shape index (κ2) is 6.66. The molecule has 0 bridgehead atoms. The standard InChI is InChI=1S/C13H21N3S2/c1-4-14-13-10-6-18-7-11(10)15-12(16-13)8-17-5-9(2)3/h9H,4-8H2,1-3H3,(H,14,15,16). The van der Waals surface area contributed by atoms with Crippen LogP contribution in [0.15, 0.2) is 0 Å². The maximum Gasteiger partial charge on any atom is 0.140 e. The summed E-state index contributed by atoms with van der Waals surface area (Å²) in [6.07, 6.45) is 0. The van der Waals surface area contributed by atoms with Crippen molar-refractivity contribution in [2.24, 2.45) is 5.92 Å². The molecule has 2 rings (SSSR count). The summed E-state index contributed by atoms with van der Waals surface area (Å²) in [4.78, 5) is 9.37. The second-order valence-corrected chi connectivity index (χ2v) is 6.86. The molecule has 5 heteroatoms. The Balaban J connectivity index is 2.09. The van der Waals surface area contributed by atoms with Crippen molar-refractivity contribution in [3.63, 3.8) is 0 Å². The van der Waals surface area contributed by atoms with E-state index in [0.29, 0.717) is 0 Å². The number of anilines is 1. The van der Waals surface area contributed by atoms with E-state index < -0.39 is 0 Å². The molecule has 0 saturated heterocycles. The molecule has 1 aliphatic heterocycles. The first kappa shape index (κ1) is 14.0. The Hall–Kier alpha value is -0.420. The van der Waals surface area contributed by atoms with Crippen LogP contribution in [-0.4, -0.2) is 22.3 Å².